The molecule has 0 unspecified atom stereocenters. The molecule has 0 aromatic rings. The molecule has 0 saturated carbocycles. The fourth-order valence-corrected chi connectivity index (χ4v) is 1.86. The third-order valence-electron chi connectivity index (χ3n) is 2.63. The first-order valence-corrected chi connectivity index (χ1v) is 4.91. The van der Waals surface area contributed by atoms with Crippen molar-refractivity contribution in [3.8, 4) is 0 Å². The van der Waals surface area contributed by atoms with Gasteiger partial charge in [0.05, 0.1) is 0 Å². The van der Waals surface area contributed by atoms with Crippen LogP contribution >= 0.6 is 0 Å². The third kappa shape index (κ3) is 2.23. The summed E-state index contributed by atoms with van der Waals surface area (Å²) in [5.41, 5.74) is 7.11. The molecule has 1 amide bonds. The molecule has 1 heterocycles. The molecular weight excluding hydrogens is 164 g/mol. The first-order chi connectivity index (χ1) is 6.16. The molecule has 0 aliphatic carbocycles. The molecule has 3 heteroatoms. The Morgan fingerprint density at radius 2 is 1.92 bits per heavy atom. The normalized spacial score (nSPS) is 18.8. The number of likely N-dealkylation sites (tertiary alicyclic amines) is 1. The zero-order chi connectivity index (χ0) is 9.84. The molecule has 2 N–H and O–H groups in total. The van der Waals surface area contributed by atoms with Crippen LogP contribution in [0.3, 0.4) is 0 Å². The van der Waals surface area contributed by atoms with Gasteiger partial charge in [0.1, 0.15) is 0 Å². The Balaban J connectivity index is 2.81. The average molecular weight is 182 g/mol. The Morgan fingerprint density at radius 1 is 1.38 bits per heavy atom. The second-order valence-corrected chi connectivity index (χ2v) is 3.48. The summed E-state index contributed by atoms with van der Waals surface area (Å²) in [5, 5.41) is 0. The van der Waals surface area contributed by atoms with Crippen LogP contribution in [0.2, 0.25) is 0 Å². The highest BCUT2D eigenvalue weighted by Crippen LogP contribution is 2.19. The van der Waals surface area contributed by atoms with Crippen molar-refractivity contribution in [2.24, 2.45) is 5.73 Å². The third-order valence-corrected chi connectivity index (χ3v) is 2.63. The number of hydrogen-bond acceptors (Lipinski definition) is 2. The SMILES string of the molecule is CC/C(=C(/C)C(N)=O)N1CCCC1. The van der Waals surface area contributed by atoms with Crippen LogP contribution in [-0.4, -0.2) is 23.9 Å². The summed E-state index contributed by atoms with van der Waals surface area (Å²) in [7, 11) is 0. The van der Waals surface area contributed by atoms with Gasteiger partial charge in [-0.25, -0.2) is 0 Å². The van der Waals surface area contributed by atoms with Crippen molar-refractivity contribution in [2.45, 2.75) is 33.1 Å². The molecule has 1 rings (SSSR count). The minimum absolute atomic E-state index is 0.288. The molecule has 0 atom stereocenters. The summed E-state index contributed by atoms with van der Waals surface area (Å²) < 4.78 is 0. The number of nitrogens with zero attached hydrogens (tertiary/aromatic N) is 1. The lowest BCUT2D eigenvalue weighted by Crippen LogP contribution is -2.24. The Bertz CT molecular complexity index is 227. The number of amides is 1. The second-order valence-electron chi connectivity index (χ2n) is 3.48. The first-order valence-electron chi connectivity index (χ1n) is 4.91. The van der Waals surface area contributed by atoms with Crippen LogP contribution in [-0.2, 0) is 4.79 Å². The van der Waals surface area contributed by atoms with E-state index in [1.807, 2.05) is 6.92 Å². The number of primary amides is 1. The highest BCUT2D eigenvalue weighted by atomic mass is 16.1. The van der Waals surface area contributed by atoms with Gasteiger partial charge in [-0.2, -0.15) is 0 Å². The minimum Gasteiger partial charge on any atom is -0.374 e. The van der Waals surface area contributed by atoms with Crippen LogP contribution in [0.1, 0.15) is 33.1 Å². The van der Waals surface area contributed by atoms with Crippen molar-refractivity contribution in [1.82, 2.24) is 4.90 Å². The van der Waals surface area contributed by atoms with Crippen LogP contribution < -0.4 is 5.73 Å². The maximum atomic E-state index is 11.0. The highest BCUT2D eigenvalue weighted by Gasteiger charge is 2.17. The summed E-state index contributed by atoms with van der Waals surface area (Å²) >= 11 is 0. The zero-order valence-corrected chi connectivity index (χ0v) is 8.47. The van der Waals surface area contributed by atoms with Gasteiger partial charge in [-0.15, -0.1) is 0 Å². The summed E-state index contributed by atoms with van der Waals surface area (Å²) in [6.45, 7) is 6.04. The first kappa shape index (κ1) is 10.1. The van der Waals surface area contributed by atoms with Crippen molar-refractivity contribution in [3.63, 3.8) is 0 Å². The van der Waals surface area contributed by atoms with Gasteiger partial charge in [0, 0.05) is 24.4 Å². The molecule has 74 valence electrons. The van der Waals surface area contributed by atoms with E-state index in [2.05, 4.69) is 11.8 Å². The van der Waals surface area contributed by atoms with Crippen molar-refractivity contribution >= 4 is 5.91 Å². The molecule has 1 aliphatic heterocycles. The fourth-order valence-electron chi connectivity index (χ4n) is 1.86. The van der Waals surface area contributed by atoms with Crippen molar-refractivity contribution in [3.05, 3.63) is 11.3 Å². The predicted molar refractivity (Wildman–Crippen MR) is 53.0 cm³/mol. The Hall–Kier alpha value is -0.990. The van der Waals surface area contributed by atoms with Crippen LogP contribution in [0.15, 0.2) is 11.3 Å². The number of rotatable bonds is 3. The summed E-state index contributed by atoms with van der Waals surface area (Å²) in [5.74, 6) is -0.288. The van der Waals surface area contributed by atoms with Gasteiger partial charge < -0.3 is 10.6 Å². The zero-order valence-electron chi connectivity index (χ0n) is 8.47. The molecule has 0 aromatic carbocycles. The second kappa shape index (κ2) is 4.30. The van der Waals surface area contributed by atoms with Gasteiger partial charge in [-0.3, -0.25) is 4.79 Å². The number of carbonyl (C=O) groups is 1. The number of hydrogen-bond donors (Lipinski definition) is 1. The molecular formula is C10H18N2O. The molecule has 3 nitrogen and oxygen atoms in total. The molecule has 1 fully saturated rings. The maximum absolute atomic E-state index is 11.0. The topological polar surface area (TPSA) is 46.3 Å². The Kier molecular flexibility index (Phi) is 3.34. The molecule has 13 heavy (non-hydrogen) atoms. The highest BCUT2D eigenvalue weighted by molar-refractivity contribution is 5.91. The average Bonchev–Trinajstić information content (AvgIpc) is 2.58. The summed E-state index contributed by atoms with van der Waals surface area (Å²) in [4.78, 5) is 13.3. The Morgan fingerprint density at radius 3 is 2.31 bits per heavy atom. The van der Waals surface area contributed by atoms with E-state index in [0.29, 0.717) is 0 Å². The van der Waals surface area contributed by atoms with Crippen molar-refractivity contribution in [1.29, 1.82) is 0 Å². The van der Waals surface area contributed by atoms with Crippen LogP contribution in [0.5, 0.6) is 0 Å². The monoisotopic (exact) mass is 182 g/mol. The summed E-state index contributed by atoms with van der Waals surface area (Å²) in [6, 6.07) is 0. The standard InChI is InChI=1S/C10H18N2O/c1-3-9(8(2)10(11)13)12-6-4-5-7-12/h3-7H2,1-2H3,(H2,11,13)/b9-8+. The minimum atomic E-state index is -0.288. The number of nitrogens with two attached hydrogens (primary N) is 1. The van der Waals surface area contributed by atoms with E-state index in [-0.39, 0.29) is 5.91 Å². The molecule has 0 radical (unpaired) electrons. The molecule has 1 saturated heterocycles. The molecule has 1 aliphatic rings. The molecule has 0 bridgehead atoms. The van der Waals surface area contributed by atoms with E-state index >= 15 is 0 Å². The van der Waals surface area contributed by atoms with Gasteiger partial charge in [-0.1, -0.05) is 6.92 Å². The van der Waals surface area contributed by atoms with Gasteiger partial charge in [0.2, 0.25) is 5.91 Å². The molecule has 0 spiro atoms. The number of allylic oxidation sites excluding steroid dienone is 1. The maximum Gasteiger partial charge on any atom is 0.246 e. The van der Waals surface area contributed by atoms with Gasteiger partial charge in [0.15, 0.2) is 0 Å². The van der Waals surface area contributed by atoms with Crippen LogP contribution in [0.25, 0.3) is 0 Å². The van der Waals surface area contributed by atoms with Crippen molar-refractivity contribution in [2.75, 3.05) is 13.1 Å². The quantitative estimate of drug-likeness (QED) is 0.668. The van der Waals surface area contributed by atoms with E-state index < -0.39 is 0 Å². The van der Waals surface area contributed by atoms with E-state index in [9.17, 15) is 4.79 Å². The lowest BCUT2D eigenvalue weighted by Gasteiger charge is -2.22. The van der Waals surface area contributed by atoms with Gasteiger partial charge in [0.25, 0.3) is 0 Å². The van der Waals surface area contributed by atoms with E-state index in [1.165, 1.54) is 12.8 Å². The van der Waals surface area contributed by atoms with E-state index in [4.69, 9.17) is 5.73 Å². The number of carbonyl (C=O) groups excluding carboxylic acids is 1. The Labute approximate surface area is 79.6 Å². The smallest absolute Gasteiger partial charge is 0.246 e. The fraction of sp³-hybridized carbons (Fsp3) is 0.700. The molecule has 0 aromatic heterocycles. The van der Waals surface area contributed by atoms with Gasteiger partial charge in [-0.05, 0) is 26.2 Å². The predicted octanol–water partition coefficient (Wildman–Crippen LogP) is 1.25. The van der Waals surface area contributed by atoms with E-state index in [1.54, 1.807) is 0 Å². The van der Waals surface area contributed by atoms with Crippen molar-refractivity contribution < 1.29 is 4.79 Å². The van der Waals surface area contributed by atoms with Crippen LogP contribution in [0, 0.1) is 0 Å². The summed E-state index contributed by atoms with van der Waals surface area (Å²) in [6.07, 6.45) is 3.36. The largest absolute Gasteiger partial charge is 0.374 e. The lowest BCUT2D eigenvalue weighted by molar-refractivity contribution is -0.114. The lowest BCUT2D eigenvalue weighted by atomic mass is 10.1. The van der Waals surface area contributed by atoms with Gasteiger partial charge >= 0.3 is 0 Å². The van der Waals surface area contributed by atoms with E-state index in [0.717, 1.165) is 30.8 Å². The van der Waals surface area contributed by atoms with Crippen LogP contribution in [0.4, 0.5) is 0 Å².